The first-order chi connectivity index (χ1) is 16.1. The average molecular weight is 463 g/mol. The fourth-order valence-corrected chi connectivity index (χ4v) is 4.81. The van der Waals surface area contributed by atoms with Crippen LogP contribution in [0.15, 0.2) is 54.6 Å². The molecule has 6 nitrogen and oxygen atoms in total. The Kier molecular flexibility index (Phi) is 6.06. The van der Waals surface area contributed by atoms with Crippen LogP contribution in [0.4, 0.5) is 5.82 Å². The molecule has 3 heterocycles. The van der Waals surface area contributed by atoms with E-state index in [0.717, 1.165) is 58.9 Å². The highest BCUT2D eigenvalue weighted by Crippen LogP contribution is 2.35. The zero-order valence-corrected chi connectivity index (χ0v) is 19.6. The number of fused-ring (bicyclic) bond motifs is 1. The average Bonchev–Trinajstić information content (AvgIpc) is 3.44. The van der Waals surface area contributed by atoms with Crippen molar-refractivity contribution in [3.8, 4) is 22.4 Å². The number of aliphatic hydroxyl groups excluding tert-OH is 1. The van der Waals surface area contributed by atoms with Crippen LogP contribution in [0.25, 0.3) is 28.0 Å². The van der Waals surface area contributed by atoms with Gasteiger partial charge in [-0.1, -0.05) is 47.5 Å². The Bertz CT molecular complexity index is 1290. The van der Waals surface area contributed by atoms with Gasteiger partial charge in [0, 0.05) is 30.3 Å². The third-order valence-corrected chi connectivity index (χ3v) is 6.51. The maximum absolute atomic E-state index is 9.95. The van der Waals surface area contributed by atoms with E-state index in [0.29, 0.717) is 11.6 Å². The Balaban J connectivity index is 1.81. The first-order valence-electron chi connectivity index (χ1n) is 11.2. The van der Waals surface area contributed by atoms with Crippen molar-refractivity contribution in [2.75, 3.05) is 25.2 Å². The van der Waals surface area contributed by atoms with E-state index in [1.807, 2.05) is 28.8 Å². The van der Waals surface area contributed by atoms with Gasteiger partial charge in [0.05, 0.1) is 36.2 Å². The molecule has 2 aromatic carbocycles. The molecule has 1 fully saturated rings. The molecule has 0 saturated carbocycles. The second-order valence-corrected chi connectivity index (χ2v) is 8.97. The molecule has 1 N–H and O–H groups in total. The standard InChI is InChI=1S/C26H27ClN4O2/c1-17-5-3-6-19(13-17)23-14-24(30-12-4-7-21(30)15-32)28-26-25(18-8-10-20(27)11-9-18)22(16-33-2)29-31(23)26/h3,5-6,8-11,13-14,21,32H,4,7,12,15-16H2,1-2H3/t21-/m0/s1. The molecule has 170 valence electrons. The molecule has 33 heavy (non-hydrogen) atoms. The number of nitrogens with zero attached hydrogens (tertiary/aromatic N) is 4. The lowest BCUT2D eigenvalue weighted by Gasteiger charge is -2.25. The lowest BCUT2D eigenvalue weighted by atomic mass is 10.1. The summed E-state index contributed by atoms with van der Waals surface area (Å²) >= 11 is 6.16. The van der Waals surface area contributed by atoms with Gasteiger partial charge in [0.15, 0.2) is 5.65 Å². The largest absolute Gasteiger partial charge is 0.394 e. The summed E-state index contributed by atoms with van der Waals surface area (Å²) in [5, 5.41) is 15.6. The van der Waals surface area contributed by atoms with Crippen LogP contribution in [0.5, 0.6) is 0 Å². The minimum absolute atomic E-state index is 0.0747. The Labute approximate surface area is 198 Å². The predicted molar refractivity (Wildman–Crippen MR) is 132 cm³/mol. The number of aliphatic hydroxyl groups is 1. The molecule has 0 spiro atoms. The van der Waals surface area contributed by atoms with Gasteiger partial charge in [0.1, 0.15) is 5.82 Å². The summed E-state index contributed by atoms with van der Waals surface area (Å²) < 4.78 is 7.42. The van der Waals surface area contributed by atoms with Crippen LogP contribution in [0.2, 0.25) is 5.02 Å². The van der Waals surface area contributed by atoms with Crippen molar-refractivity contribution in [2.24, 2.45) is 0 Å². The highest BCUT2D eigenvalue weighted by atomic mass is 35.5. The summed E-state index contributed by atoms with van der Waals surface area (Å²) in [5.74, 6) is 0.856. The van der Waals surface area contributed by atoms with Crippen molar-refractivity contribution < 1.29 is 9.84 Å². The lowest BCUT2D eigenvalue weighted by Crippen LogP contribution is -2.32. The minimum Gasteiger partial charge on any atom is -0.394 e. The second kappa shape index (κ2) is 9.14. The predicted octanol–water partition coefficient (Wildman–Crippen LogP) is 5.13. The number of halogens is 1. The zero-order chi connectivity index (χ0) is 22.9. The number of aryl methyl sites for hydroxylation is 1. The van der Waals surface area contributed by atoms with E-state index in [1.165, 1.54) is 5.56 Å². The molecule has 1 saturated heterocycles. The smallest absolute Gasteiger partial charge is 0.166 e. The minimum atomic E-state index is 0.0747. The van der Waals surface area contributed by atoms with E-state index >= 15 is 0 Å². The number of aromatic nitrogens is 3. The third kappa shape index (κ3) is 4.10. The molecule has 1 aliphatic rings. The summed E-state index contributed by atoms with van der Waals surface area (Å²) in [6, 6.07) is 18.3. The molecule has 1 atom stereocenters. The van der Waals surface area contributed by atoms with Gasteiger partial charge in [-0.25, -0.2) is 9.50 Å². The van der Waals surface area contributed by atoms with E-state index in [2.05, 4.69) is 42.2 Å². The van der Waals surface area contributed by atoms with Gasteiger partial charge in [-0.2, -0.15) is 5.10 Å². The van der Waals surface area contributed by atoms with Gasteiger partial charge in [-0.3, -0.25) is 0 Å². The molecular weight excluding hydrogens is 436 g/mol. The molecule has 0 amide bonds. The number of benzene rings is 2. The molecule has 0 bridgehead atoms. The van der Waals surface area contributed by atoms with E-state index < -0.39 is 0 Å². The SMILES string of the molecule is COCc1nn2c(-c3cccc(C)c3)cc(N3CCC[C@H]3CO)nc2c1-c1ccc(Cl)cc1. The van der Waals surface area contributed by atoms with Gasteiger partial charge >= 0.3 is 0 Å². The maximum atomic E-state index is 9.95. The first kappa shape index (κ1) is 21.9. The van der Waals surface area contributed by atoms with Crippen LogP contribution >= 0.6 is 11.6 Å². The van der Waals surface area contributed by atoms with Crippen molar-refractivity contribution in [3.63, 3.8) is 0 Å². The van der Waals surface area contributed by atoms with Crippen LogP contribution in [-0.2, 0) is 11.3 Å². The normalized spacial score (nSPS) is 16.1. The van der Waals surface area contributed by atoms with Crippen LogP contribution in [0, 0.1) is 6.92 Å². The highest BCUT2D eigenvalue weighted by Gasteiger charge is 2.27. The molecule has 4 aromatic rings. The summed E-state index contributed by atoms with van der Waals surface area (Å²) in [4.78, 5) is 7.31. The van der Waals surface area contributed by atoms with Gasteiger partial charge < -0.3 is 14.7 Å². The third-order valence-electron chi connectivity index (χ3n) is 6.26. The van der Waals surface area contributed by atoms with Crippen molar-refractivity contribution in [2.45, 2.75) is 32.4 Å². The molecule has 0 radical (unpaired) electrons. The van der Waals surface area contributed by atoms with Gasteiger partial charge in [0.2, 0.25) is 0 Å². The number of ether oxygens (including phenoxy) is 1. The summed E-state index contributed by atoms with van der Waals surface area (Å²) in [7, 11) is 1.67. The van der Waals surface area contributed by atoms with E-state index in [1.54, 1.807) is 7.11 Å². The van der Waals surface area contributed by atoms with E-state index in [4.69, 9.17) is 26.4 Å². The van der Waals surface area contributed by atoms with E-state index in [9.17, 15) is 5.11 Å². The molecule has 0 unspecified atom stereocenters. The fourth-order valence-electron chi connectivity index (χ4n) is 4.68. The van der Waals surface area contributed by atoms with Gasteiger partial charge in [-0.15, -0.1) is 0 Å². The molecule has 0 aliphatic carbocycles. The summed E-state index contributed by atoms with van der Waals surface area (Å²) in [6.45, 7) is 3.44. The zero-order valence-electron chi connectivity index (χ0n) is 18.8. The summed E-state index contributed by atoms with van der Waals surface area (Å²) in [6.07, 6.45) is 2.00. The van der Waals surface area contributed by atoms with Crippen molar-refractivity contribution in [1.29, 1.82) is 0 Å². The Hall–Kier alpha value is -2.93. The highest BCUT2D eigenvalue weighted by molar-refractivity contribution is 6.30. The number of rotatable bonds is 6. The number of hydrogen-bond donors (Lipinski definition) is 1. The number of anilines is 1. The van der Waals surface area contributed by atoms with Crippen molar-refractivity contribution >= 4 is 23.1 Å². The Morgan fingerprint density at radius 3 is 2.67 bits per heavy atom. The summed E-state index contributed by atoms with van der Waals surface area (Å²) in [5.41, 5.74) is 6.71. The van der Waals surface area contributed by atoms with Crippen LogP contribution in [-0.4, -0.2) is 46.0 Å². The van der Waals surface area contributed by atoms with Crippen molar-refractivity contribution in [3.05, 3.63) is 70.9 Å². The Morgan fingerprint density at radius 1 is 1.12 bits per heavy atom. The first-order valence-corrected chi connectivity index (χ1v) is 11.6. The monoisotopic (exact) mass is 462 g/mol. The molecule has 7 heteroatoms. The van der Waals surface area contributed by atoms with Crippen LogP contribution in [0.1, 0.15) is 24.1 Å². The van der Waals surface area contributed by atoms with Crippen molar-refractivity contribution in [1.82, 2.24) is 14.6 Å². The Morgan fingerprint density at radius 2 is 1.94 bits per heavy atom. The number of hydrogen-bond acceptors (Lipinski definition) is 5. The fraction of sp³-hybridized carbons (Fsp3) is 0.308. The topological polar surface area (TPSA) is 62.9 Å². The molecular formula is C26H27ClN4O2. The lowest BCUT2D eigenvalue weighted by molar-refractivity contribution is 0.181. The quantitative estimate of drug-likeness (QED) is 0.430. The van der Waals surface area contributed by atoms with Gasteiger partial charge in [-0.05, 0) is 43.5 Å². The van der Waals surface area contributed by atoms with Crippen LogP contribution in [0.3, 0.4) is 0 Å². The van der Waals surface area contributed by atoms with Crippen LogP contribution < -0.4 is 4.90 Å². The number of methoxy groups -OCH3 is 1. The molecule has 2 aromatic heterocycles. The second-order valence-electron chi connectivity index (χ2n) is 8.54. The van der Waals surface area contributed by atoms with E-state index in [-0.39, 0.29) is 12.6 Å². The molecule has 5 rings (SSSR count). The van der Waals surface area contributed by atoms with Gasteiger partial charge in [0.25, 0.3) is 0 Å². The maximum Gasteiger partial charge on any atom is 0.166 e. The molecule has 1 aliphatic heterocycles.